The van der Waals surface area contributed by atoms with Gasteiger partial charge in [0, 0.05) is 13.2 Å². The third kappa shape index (κ3) is 3.92. The van der Waals surface area contributed by atoms with Gasteiger partial charge in [-0.25, -0.2) is 4.79 Å². The average molecular weight is 463 g/mol. The Bertz CT molecular complexity index is 1160. The lowest BCUT2D eigenvalue weighted by atomic mass is 9.92. The van der Waals surface area contributed by atoms with Gasteiger partial charge in [-0.15, -0.1) is 0 Å². The van der Waals surface area contributed by atoms with E-state index < -0.39 is 29.9 Å². The molecule has 0 bridgehead atoms. The van der Waals surface area contributed by atoms with Crippen molar-refractivity contribution in [1.82, 2.24) is 15.5 Å². The maximum atomic E-state index is 13.3. The van der Waals surface area contributed by atoms with Gasteiger partial charge < -0.3 is 20.7 Å². The molecule has 176 valence electrons. The van der Waals surface area contributed by atoms with Crippen LogP contribution in [0.2, 0.25) is 0 Å². The topological polar surface area (TPSA) is 117 Å². The lowest BCUT2D eigenvalue weighted by molar-refractivity contribution is -0.134. The minimum atomic E-state index is -1.12. The number of rotatable bonds is 6. The molecule has 1 spiro atoms. The van der Waals surface area contributed by atoms with Crippen LogP contribution in [0.5, 0.6) is 0 Å². The molecule has 2 fully saturated rings. The maximum absolute atomic E-state index is 13.3. The molecule has 0 unspecified atom stereocenters. The van der Waals surface area contributed by atoms with E-state index in [0.717, 1.165) is 28.9 Å². The Balaban J connectivity index is 1.26. The van der Waals surface area contributed by atoms with Gasteiger partial charge in [-0.3, -0.25) is 19.3 Å². The van der Waals surface area contributed by atoms with Gasteiger partial charge in [0.2, 0.25) is 5.91 Å². The lowest BCUT2D eigenvalue weighted by Crippen LogP contribution is -2.43. The SMILES string of the molecule is O=C(CN1C(=O)N[C@]2(CCc3ccccc32)C1=O)Nc1ccccc1C(=O)NC[C@@H]1CCCO1. The first-order valence-corrected chi connectivity index (χ1v) is 11.5. The molecule has 3 aliphatic rings. The van der Waals surface area contributed by atoms with Crippen LogP contribution in [0.25, 0.3) is 0 Å². The number of para-hydroxylation sites is 1. The second-order valence-electron chi connectivity index (χ2n) is 8.82. The van der Waals surface area contributed by atoms with Gasteiger partial charge in [-0.2, -0.15) is 0 Å². The van der Waals surface area contributed by atoms with Crippen molar-refractivity contribution in [3.05, 3.63) is 65.2 Å². The minimum absolute atomic E-state index is 0.00145. The predicted octanol–water partition coefficient (Wildman–Crippen LogP) is 1.93. The normalized spacial score (nSPS) is 23.2. The summed E-state index contributed by atoms with van der Waals surface area (Å²) in [6.07, 6.45) is 3.01. The molecule has 2 heterocycles. The van der Waals surface area contributed by atoms with Crippen LogP contribution in [0.4, 0.5) is 10.5 Å². The van der Waals surface area contributed by atoms with Crippen LogP contribution in [-0.4, -0.2) is 54.5 Å². The molecule has 2 atom stereocenters. The van der Waals surface area contributed by atoms with E-state index in [1.165, 1.54) is 0 Å². The van der Waals surface area contributed by atoms with E-state index in [1.807, 2.05) is 24.3 Å². The number of benzene rings is 2. The third-order valence-electron chi connectivity index (χ3n) is 6.68. The number of ether oxygens (including phenoxy) is 1. The van der Waals surface area contributed by atoms with Crippen LogP contribution < -0.4 is 16.0 Å². The molecule has 9 heteroatoms. The van der Waals surface area contributed by atoms with Crippen molar-refractivity contribution in [3.63, 3.8) is 0 Å². The smallest absolute Gasteiger partial charge is 0.325 e. The first-order chi connectivity index (χ1) is 16.5. The van der Waals surface area contributed by atoms with E-state index in [9.17, 15) is 19.2 Å². The number of nitrogens with zero attached hydrogens (tertiary/aromatic N) is 1. The van der Waals surface area contributed by atoms with Crippen molar-refractivity contribution in [1.29, 1.82) is 0 Å². The molecule has 2 saturated heterocycles. The molecule has 34 heavy (non-hydrogen) atoms. The number of imide groups is 1. The van der Waals surface area contributed by atoms with E-state index in [2.05, 4.69) is 16.0 Å². The molecule has 5 amide bonds. The maximum Gasteiger partial charge on any atom is 0.325 e. The van der Waals surface area contributed by atoms with E-state index in [0.29, 0.717) is 37.2 Å². The number of carbonyl (C=O) groups is 4. The number of hydrogen-bond acceptors (Lipinski definition) is 5. The average Bonchev–Trinajstić information content (AvgIpc) is 3.55. The first kappa shape index (κ1) is 22.1. The second-order valence-corrected chi connectivity index (χ2v) is 8.82. The lowest BCUT2D eigenvalue weighted by Gasteiger charge is -2.22. The molecule has 2 aromatic carbocycles. The molecule has 0 aromatic heterocycles. The van der Waals surface area contributed by atoms with Crippen LogP contribution >= 0.6 is 0 Å². The number of nitrogens with one attached hydrogen (secondary N) is 3. The number of hydrogen-bond donors (Lipinski definition) is 3. The Hall–Kier alpha value is -3.72. The number of amides is 5. The predicted molar refractivity (Wildman–Crippen MR) is 123 cm³/mol. The highest BCUT2D eigenvalue weighted by Crippen LogP contribution is 2.41. The van der Waals surface area contributed by atoms with Crippen LogP contribution in [0, 0.1) is 0 Å². The zero-order valence-corrected chi connectivity index (χ0v) is 18.6. The summed E-state index contributed by atoms with van der Waals surface area (Å²) in [5, 5.41) is 8.33. The van der Waals surface area contributed by atoms with E-state index >= 15 is 0 Å². The molecule has 0 saturated carbocycles. The fourth-order valence-electron chi connectivity index (χ4n) is 4.96. The Morgan fingerprint density at radius 2 is 1.91 bits per heavy atom. The van der Waals surface area contributed by atoms with E-state index in [4.69, 9.17) is 4.74 Å². The number of carbonyl (C=O) groups excluding carboxylic acids is 4. The number of fused-ring (bicyclic) bond motifs is 2. The first-order valence-electron chi connectivity index (χ1n) is 11.5. The second kappa shape index (κ2) is 8.90. The highest BCUT2D eigenvalue weighted by molar-refractivity contribution is 6.11. The Morgan fingerprint density at radius 1 is 1.12 bits per heavy atom. The van der Waals surface area contributed by atoms with Crippen molar-refractivity contribution in [2.75, 3.05) is 25.0 Å². The zero-order chi connectivity index (χ0) is 23.7. The summed E-state index contributed by atoms with van der Waals surface area (Å²) >= 11 is 0. The number of anilines is 1. The third-order valence-corrected chi connectivity index (χ3v) is 6.68. The van der Waals surface area contributed by atoms with Crippen molar-refractivity contribution in [3.8, 4) is 0 Å². The molecular formula is C25H26N4O5. The Morgan fingerprint density at radius 3 is 2.74 bits per heavy atom. The van der Waals surface area contributed by atoms with Gasteiger partial charge in [0.15, 0.2) is 0 Å². The summed E-state index contributed by atoms with van der Waals surface area (Å²) in [7, 11) is 0. The van der Waals surface area contributed by atoms with Crippen LogP contribution in [0.3, 0.4) is 0 Å². The van der Waals surface area contributed by atoms with Crippen LogP contribution in [0.1, 0.15) is 40.7 Å². The quantitative estimate of drug-likeness (QED) is 0.567. The van der Waals surface area contributed by atoms with Crippen LogP contribution in [-0.2, 0) is 26.3 Å². The number of aryl methyl sites for hydroxylation is 1. The monoisotopic (exact) mass is 462 g/mol. The van der Waals surface area contributed by atoms with Crippen LogP contribution in [0.15, 0.2) is 48.5 Å². The highest BCUT2D eigenvalue weighted by atomic mass is 16.5. The highest BCUT2D eigenvalue weighted by Gasteiger charge is 2.55. The summed E-state index contributed by atoms with van der Waals surface area (Å²) in [5.74, 6) is -1.32. The fraction of sp³-hybridized carbons (Fsp3) is 0.360. The largest absolute Gasteiger partial charge is 0.376 e. The molecule has 3 N–H and O–H groups in total. The molecule has 1 aliphatic carbocycles. The van der Waals surface area contributed by atoms with E-state index in [1.54, 1.807) is 24.3 Å². The Kier molecular flexibility index (Phi) is 5.79. The van der Waals surface area contributed by atoms with Gasteiger partial charge in [0.05, 0.1) is 17.4 Å². The molecule has 5 rings (SSSR count). The van der Waals surface area contributed by atoms with Gasteiger partial charge >= 0.3 is 6.03 Å². The molecule has 0 radical (unpaired) electrons. The van der Waals surface area contributed by atoms with Crippen molar-refractivity contribution in [2.45, 2.75) is 37.3 Å². The number of urea groups is 1. The standard InChI is InChI=1S/C25H26N4O5/c30-21(27-20-10-4-2-8-18(20)22(31)26-14-17-7-5-13-34-17)15-29-23(32)25(28-24(29)33)12-11-16-6-1-3-9-19(16)25/h1-4,6,8-10,17H,5,7,11-15H2,(H,26,31)(H,27,30)(H,28,33)/t17-,25-/m0/s1. The summed E-state index contributed by atoms with van der Waals surface area (Å²) in [6, 6.07) is 13.5. The summed E-state index contributed by atoms with van der Waals surface area (Å²) in [4.78, 5) is 52.4. The van der Waals surface area contributed by atoms with Crippen molar-refractivity contribution in [2.24, 2.45) is 0 Å². The van der Waals surface area contributed by atoms with Gasteiger partial charge in [-0.1, -0.05) is 36.4 Å². The summed E-state index contributed by atoms with van der Waals surface area (Å²) in [6.45, 7) is 0.649. The molecule has 9 nitrogen and oxygen atoms in total. The van der Waals surface area contributed by atoms with E-state index in [-0.39, 0.29) is 12.0 Å². The van der Waals surface area contributed by atoms with Gasteiger partial charge in [0.1, 0.15) is 12.1 Å². The Labute approximate surface area is 196 Å². The summed E-state index contributed by atoms with van der Waals surface area (Å²) in [5.41, 5.74) is 1.29. The van der Waals surface area contributed by atoms with Crippen molar-refractivity contribution < 1.29 is 23.9 Å². The van der Waals surface area contributed by atoms with Gasteiger partial charge in [0.25, 0.3) is 11.8 Å². The minimum Gasteiger partial charge on any atom is -0.376 e. The van der Waals surface area contributed by atoms with Crippen molar-refractivity contribution >= 4 is 29.4 Å². The molecule has 2 aliphatic heterocycles. The van der Waals surface area contributed by atoms with Gasteiger partial charge in [-0.05, 0) is 48.9 Å². The zero-order valence-electron chi connectivity index (χ0n) is 18.6. The molecule has 2 aromatic rings. The fourth-order valence-corrected chi connectivity index (χ4v) is 4.96. The summed E-state index contributed by atoms with van der Waals surface area (Å²) < 4.78 is 5.53. The molecular weight excluding hydrogens is 436 g/mol.